The Morgan fingerprint density at radius 1 is 1.19 bits per heavy atom. The molecule has 0 radical (unpaired) electrons. The number of rotatable bonds is 5. The Morgan fingerprint density at radius 2 is 1.62 bits per heavy atom. The third kappa shape index (κ3) is 4.49. The Hall–Kier alpha value is -0.610. The van der Waals surface area contributed by atoms with Gasteiger partial charge < -0.3 is 15.5 Å². The van der Waals surface area contributed by atoms with Gasteiger partial charge in [0.05, 0.1) is 19.3 Å². The molecule has 0 aromatic carbocycles. The molecule has 0 rings (SSSR count). The van der Waals surface area contributed by atoms with Crippen LogP contribution in [0.5, 0.6) is 0 Å². The largest absolute Gasteiger partial charge is 0.394 e. The molecule has 4 heteroatoms. The SMILES string of the molecule is CC(C)C(C(=O)NC(CO)CO)C(C)(C)C. The Labute approximate surface area is 98.1 Å². The minimum atomic E-state index is -0.559. The van der Waals surface area contributed by atoms with Crippen LogP contribution in [0.15, 0.2) is 0 Å². The average molecular weight is 231 g/mol. The zero-order valence-electron chi connectivity index (χ0n) is 10.9. The molecule has 0 saturated carbocycles. The predicted octanol–water partition coefficient (Wildman–Crippen LogP) is 0.774. The molecule has 0 aliphatic carbocycles. The Morgan fingerprint density at radius 3 is 1.88 bits per heavy atom. The summed E-state index contributed by atoms with van der Waals surface area (Å²) in [7, 11) is 0. The van der Waals surface area contributed by atoms with E-state index in [-0.39, 0.29) is 36.4 Å². The molecule has 0 spiro atoms. The van der Waals surface area contributed by atoms with Gasteiger partial charge in [-0.3, -0.25) is 4.79 Å². The number of aliphatic hydroxyl groups excluding tert-OH is 2. The van der Waals surface area contributed by atoms with Gasteiger partial charge in [0.25, 0.3) is 0 Å². The zero-order valence-corrected chi connectivity index (χ0v) is 10.9. The van der Waals surface area contributed by atoms with E-state index < -0.39 is 6.04 Å². The smallest absolute Gasteiger partial charge is 0.224 e. The van der Waals surface area contributed by atoms with Crippen LogP contribution in [0.3, 0.4) is 0 Å². The molecule has 0 fully saturated rings. The molecule has 0 aliphatic heterocycles. The van der Waals surface area contributed by atoms with E-state index >= 15 is 0 Å². The van der Waals surface area contributed by atoms with E-state index in [4.69, 9.17) is 10.2 Å². The lowest BCUT2D eigenvalue weighted by Gasteiger charge is -2.33. The van der Waals surface area contributed by atoms with E-state index in [1.54, 1.807) is 0 Å². The minimum Gasteiger partial charge on any atom is -0.394 e. The summed E-state index contributed by atoms with van der Waals surface area (Å²) in [6.07, 6.45) is 0. The molecule has 96 valence electrons. The molecule has 3 N–H and O–H groups in total. The third-order valence-electron chi connectivity index (χ3n) is 2.67. The van der Waals surface area contributed by atoms with Crippen LogP contribution >= 0.6 is 0 Å². The van der Waals surface area contributed by atoms with Crippen molar-refractivity contribution in [3.05, 3.63) is 0 Å². The van der Waals surface area contributed by atoms with Crippen molar-refractivity contribution in [1.29, 1.82) is 0 Å². The van der Waals surface area contributed by atoms with E-state index in [9.17, 15) is 4.79 Å². The Bertz CT molecular complexity index is 217. The fourth-order valence-corrected chi connectivity index (χ4v) is 2.14. The number of hydrogen-bond acceptors (Lipinski definition) is 3. The number of hydrogen-bond donors (Lipinski definition) is 3. The minimum absolute atomic E-state index is 0.101. The van der Waals surface area contributed by atoms with E-state index in [1.807, 2.05) is 34.6 Å². The van der Waals surface area contributed by atoms with Gasteiger partial charge in [-0.05, 0) is 11.3 Å². The Kier molecular flexibility index (Phi) is 5.97. The molecular formula is C12H25NO3. The second-order valence-corrected chi connectivity index (χ2v) is 5.66. The van der Waals surface area contributed by atoms with Crippen molar-refractivity contribution in [2.24, 2.45) is 17.3 Å². The molecule has 0 saturated heterocycles. The van der Waals surface area contributed by atoms with Crippen molar-refractivity contribution in [1.82, 2.24) is 5.32 Å². The topological polar surface area (TPSA) is 69.6 Å². The summed E-state index contributed by atoms with van der Waals surface area (Å²) in [6, 6.07) is -0.559. The van der Waals surface area contributed by atoms with Crippen LogP contribution in [-0.4, -0.2) is 35.4 Å². The summed E-state index contributed by atoms with van der Waals surface area (Å²) in [5.41, 5.74) is -0.131. The Balaban J connectivity index is 4.64. The van der Waals surface area contributed by atoms with Crippen LogP contribution in [0.4, 0.5) is 0 Å². The number of aliphatic hydroxyl groups is 2. The van der Waals surface area contributed by atoms with Crippen LogP contribution < -0.4 is 5.32 Å². The number of amides is 1. The number of carbonyl (C=O) groups excluding carboxylic acids is 1. The van der Waals surface area contributed by atoms with Crippen molar-refractivity contribution < 1.29 is 15.0 Å². The lowest BCUT2D eigenvalue weighted by atomic mass is 9.73. The third-order valence-corrected chi connectivity index (χ3v) is 2.67. The van der Waals surface area contributed by atoms with E-state index in [1.165, 1.54) is 0 Å². The summed E-state index contributed by atoms with van der Waals surface area (Å²) >= 11 is 0. The van der Waals surface area contributed by atoms with Crippen LogP contribution in [0.2, 0.25) is 0 Å². The zero-order chi connectivity index (χ0) is 12.9. The van der Waals surface area contributed by atoms with Crippen molar-refractivity contribution >= 4 is 5.91 Å². The fraction of sp³-hybridized carbons (Fsp3) is 0.917. The first-order chi connectivity index (χ1) is 7.23. The normalized spacial score (nSPS) is 14.3. The molecule has 4 nitrogen and oxygen atoms in total. The fourth-order valence-electron chi connectivity index (χ4n) is 2.14. The van der Waals surface area contributed by atoms with Gasteiger partial charge in [0.15, 0.2) is 0 Å². The van der Waals surface area contributed by atoms with Crippen LogP contribution in [0.1, 0.15) is 34.6 Å². The number of nitrogens with one attached hydrogen (secondary N) is 1. The second kappa shape index (κ2) is 6.21. The maximum absolute atomic E-state index is 12.0. The molecule has 0 aliphatic rings. The summed E-state index contributed by atoms with van der Waals surface area (Å²) in [4.78, 5) is 12.0. The molecule has 0 heterocycles. The first-order valence-electron chi connectivity index (χ1n) is 5.76. The molecule has 16 heavy (non-hydrogen) atoms. The summed E-state index contributed by atoms with van der Waals surface area (Å²) in [5.74, 6) is -0.0123. The van der Waals surface area contributed by atoms with Gasteiger partial charge in [0.1, 0.15) is 0 Å². The van der Waals surface area contributed by atoms with Gasteiger partial charge in [-0.2, -0.15) is 0 Å². The number of carbonyl (C=O) groups is 1. The first-order valence-corrected chi connectivity index (χ1v) is 5.76. The molecule has 1 amide bonds. The second-order valence-electron chi connectivity index (χ2n) is 5.66. The van der Waals surface area contributed by atoms with Gasteiger partial charge in [-0.1, -0.05) is 34.6 Å². The van der Waals surface area contributed by atoms with Gasteiger partial charge in [-0.15, -0.1) is 0 Å². The van der Waals surface area contributed by atoms with Crippen molar-refractivity contribution in [2.45, 2.75) is 40.7 Å². The van der Waals surface area contributed by atoms with Crippen molar-refractivity contribution in [3.8, 4) is 0 Å². The quantitative estimate of drug-likeness (QED) is 0.654. The monoisotopic (exact) mass is 231 g/mol. The molecule has 0 aromatic heterocycles. The molecule has 1 atom stereocenters. The van der Waals surface area contributed by atoms with Gasteiger partial charge in [0, 0.05) is 5.92 Å². The summed E-state index contributed by atoms with van der Waals surface area (Å²) in [5, 5.41) is 20.5. The lowest BCUT2D eigenvalue weighted by Crippen LogP contribution is -2.47. The van der Waals surface area contributed by atoms with E-state index in [2.05, 4.69) is 5.32 Å². The maximum Gasteiger partial charge on any atom is 0.224 e. The lowest BCUT2D eigenvalue weighted by molar-refractivity contribution is -0.131. The van der Waals surface area contributed by atoms with Crippen LogP contribution in [-0.2, 0) is 4.79 Å². The molecule has 0 bridgehead atoms. The van der Waals surface area contributed by atoms with Crippen molar-refractivity contribution in [3.63, 3.8) is 0 Å². The van der Waals surface area contributed by atoms with E-state index in [0.29, 0.717) is 0 Å². The summed E-state index contributed by atoms with van der Waals surface area (Å²) in [6.45, 7) is 9.58. The highest BCUT2D eigenvalue weighted by atomic mass is 16.3. The van der Waals surface area contributed by atoms with Crippen molar-refractivity contribution in [2.75, 3.05) is 13.2 Å². The predicted molar refractivity (Wildman–Crippen MR) is 63.9 cm³/mol. The highest BCUT2D eigenvalue weighted by molar-refractivity contribution is 5.80. The van der Waals surface area contributed by atoms with Gasteiger partial charge >= 0.3 is 0 Å². The summed E-state index contributed by atoms with van der Waals surface area (Å²) < 4.78 is 0. The van der Waals surface area contributed by atoms with Crippen LogP contribution in [0.25, 0.3) is 0 Å². The van der Waals surface area contributed by atoms with Gasteiger partial charge in [0.2, 0.25) is 5.91 Å². The average Bonchev–Trinajstić information content (AvgIpc) is 2.10. The standard InChI is InChI=1S/C12H25NO3/c1-8(2)10(12(3,4)5)11(16)13-9(6-14)7-15/h8-10,14-15H,6-7H2,1-5H3,(H,13,16). The van der Waals surface area contributed by atoms with E-state index in [0.717, 1.165) is 0 Å². The highest BCUT2D eigenvalue weighted by Gasteiger charge is 2.34. The van der Waals surface area contributed by atoms with Gasteiger partial charge in [-0.25, -0.2) is 0 Å². The maximum atomic E-state index is 12.0. The highest BCUT2D eigenvalue weighted by Crippen LogP contribution is 2.32. The van der Waals surface area contributed by atoms with Crippen LogP contribution in [0, 0.1) is 17.3 Å². The molecule has 1 unspecified atom stereocenters. The molecule has 0 aromatic rings. The molecular weight excluding hydrogens is 206 g/mol. The first kappa shape index (κ1) is 15.4.